The minimum atomic E-state index is 0. The van der Waals surface area contributed by atoms with Crippen molar-refractivity contribution in [2.24, 2.45) is 15.9 Å². The van der Waals surface area contributed by atoms with Crippen molar-refractivity contribution in [2.75, 3.05) is 0 Å². The van der Waals surface area contributed by atoms with E-state index in [4.69, 9.17) is 0 Å². The van der Waals surface area contributed by atoms with Gasteiger partial charge in [0.25, 0.3) is 0 Å². The number of nitrogens with zero attached hydrogens (tertiary/aromatic N) is 2. The van der Waals surface area contributed by atoms with Crippen molar-refractivity contribution < 1.29 is 27.0 Å². The number of benzene rings is 4. The molecule has 0 spiro atoms. The largest absolute Gasteiger partial charge is 0.507 e. The van der Waals surface area contributed by atoms with Gasteiger partial charge in [-0.1, -0.05) is 78.2 Å². The van der Waals surface area contributed by atoms with Crippen LogP contribution >= 0.6 is 0 Å². The molecule has 1 aliphatic carbocycles. The van der Waals surface area contributed by atoms with E-state index in [2.05, 4.69) is 47.8 Å². The number of fused-ring (bicyclic) bond motifs is 1. The summed E-state index contributed by atoms with van der Waals surface area (Å²) in [6, 6.07) is 30.1. The zero-order valence-electron chi connectivity index (χ0n) is 21.1. The number of rotatable bonds is 6. The van der Waals surface area contributed by atoms with E-state index in [1.54, 1.807) is 48.8 Å². The second kappa shape index (κ2) is 14.1. The molecule has 0 amide bonds. The summed E-state index contributed by atoms with van der Waals surface area (Å²) in [5.74, 6) is 1.50. The van der Waals surface area contributed by atoms with Crippen molar-refractivity contribution in [1.82, 2.24) is 0 Å². The van der Waals surface area contributed by atoms with Crippen LogP contribution in [0.15, 0.2) is 120 Å². The molecule has 5 rings (SSSR count). The monoisotopic (exact) mass is 546 g/mol. The third-order valence-corrected chi connectivity index (χ3v) is 6.42. The third kappa shape index (κ3) is 7.31. The van der Waals surface area contributed by atoms with Gasteiger partial charge in [-0.25, -0.2) is 0 Å². The number of allylic oxidation sites excluding steroid dienone is 1. The molecule has 0 bridgehead atoms. The molecule has 0 saturated heterocycles. The molecule has 0 aromatic heterocycles. The molecule has 0 heterocycles. The van der Waals surface area contributed by atoms with Crippen LogP contribution in [0.5, 0.6) is 11.5 Å². The standard InChI is InChI=1S/C20H16N2O2.C13H15.Co/c23-19-11-5-1-7-15(19)13-21-17-9-3-4-10-18(17)22-14-16-8-2-6-12-20(16)24;1-3-6-11-9-12-7-4-5-8-13(12)10(11)2;/h1-14,23-24H;3-5,7-8,10-11H,1-2,6,9H2;/q;-1;. The third-order valence-electron chi connectivity index (χ3n) is 6.42. The van der Waals surface area contributed by atoms with Crippen molar-refractivity contribution in [3.8, 4) is 11.5 Å². The van der Waals surface area contributed by atoms with Crippen LogP contribution in [0.2, 0.25) is 0 Å². The number of phenolic OH excluding ortho intramolecular Hbond substituents is 2. The first-order valence-corrected chi connectivity index (χ1v) is 12.3. The normalized spacial score (nSPS) is 15.9. The van der Waals surface area contributed by atoms with Crippen LogP contribution in [-0.2, 0) is 23.2 Å². The van der Waals surface area contributed by atoms with Crippen LogP contribution in [0.25, 0.3) is 0 Å². The van der Waals surface area contributed by atoms with Crippen LogP contribution in [0.4, 0.5) is 11.4 Å². The van der Waals surface area contributed by atoms with Crippen LogP contribution < -0.4 is 0 Å². The second-order valence-corrected chi connectivity index (χ2v) is 8.92. The molecule has 5 heteroatoms. The van der Waals surface area contributed by atoms with Crippen LogP contribution in [0.1, 0.15) is 34.6 Å². The summed E-state index contributed by atoms with van der Waals surface area (Å²) in [4.78, 5) is 8.82. The smallest absolute Gasteiger partial charge is 0.124 e. The number of para-hydroxylation sites is 4. The molecule has 195 valence electrons. The molecule has 4 nitrogen and oxygen atoms in total. The van der Waals surface area contributed by atoms with Crippen LogP contribution in [0.3, 0.4) is 0 Å². The van der Waals surface area contributed by atoms with Gasteiger partial charge in [-0.2, -0.15) is 0 Å². The van der Waals surface area contributed by atoms with Gasteiger partial charge in [0.05, 0.1) is 11.4 Å². The first-order chi connectivity index (χ1) is 18.1. The molecular formula is C33H31CoN2O2-. The fraction of sp³-hybridized carbons (Fsp3) is 0.121. The zero-order chi connectivity index (χ0) is 26.0. The molecule has 0 aliphatic heterocycles. The SMILES string of the molecule is C=CCC1Cc2ccccc2C1[CH2-].Oc1ccccc1C=Nc1ccccc1N=Cc1ccccc1O.[Co]. The quantitative estimate of drug-likeness (QED) is 0.146. The minimum absolute atomic E-state index is 0. The van der Waals surface area contributed by atoms with Gasteiger partial charge < -0.3 is 17.1 Å². The Morgan fingerprint density at radius 2 is 1.21 bits per heavy atom. The van der Waals surface area contributed by atoms with Gasteiger partial charge in [0, 0.05) is 40.3 Å². The fourth-order valence-electron chi connectivity index (χ4n) is 4.38. The minimum Gasteiger partial charge on any atom is -0.507 e. The van der Waals surface area contributed by atoms with E-state index < -0.39 is 0 Å². The molecule has 2 unspecified atom stereocenters. The Bertz CT molecular complexity index is 1340. The predicted molar refractivity (Wildman–Crippen MR) is 154 cm³/mol. The molecule has 0 fully saturated rings. The molecule has 0 saturated carbocycles. The van der Waals surface area contributed by atoms with E-state index in [0.29, 0.717) is 34.3 Å². The number of aromatic hydroxyl groups is 2. The van der Waals surface area contributed by atoms with Gasteiger partial charge in [-0.3, -0.25) is 9.98 Å². The molecule has 1 aliphatic rings. The van der Waals surface area contributed by atoms with E-state index in [9.17, 15) is 10.2 Å². The van der Waals surface area contributed by atoms with E-state index >= 15 is 0 Å². The van der Waals surface area contributed by atoms with Gasteiger partial charge in [0.2, 0.25) is 0 Å². The summed E-state index contributed by atoms with van der Waals surface area (Å²) in [5, 5.41) is 19.6. The Balaban J connectivity index is 0.000000242. The van der Waals surface area contributed by atoms with Crippen molar-refractivity contribution >= 4 is 23.8 Å². The number of hydrogen-bond acceptors (Lipinski definition) is 4. The molecule has 38 heavy (non-hydrogen) atoms. The maximum absolute atomic E-state index is 9.79. The molecule has 2 N–H and O–H groups in total. The predicted octanol–water partition coefficient (Wildman–Crippen LogP) is 7.95. The van der Waals surface area contributed by atoms with Crippen LogP contribution in [-0.4, -0.2) is 22.6 Å². The molecule has 4 aromatic rings. The Labute approximate surface area is 235 Å². The summed E-state index contributed by atoms with van der Waals surface area (Å²) in [5.41, 5.74) is 5.54. The topological polar surface area (TPSA) is 65.2 Å². The summed E-state index contributed by atoms with van der Waals surface area (Å²) in [6.07, 6.45) is 7.47. The molecule has 4 aromatic carbocycles. The van der Waals surface area contributed by atoms with Crippen LogP contribution in [0, 0.1) is 12.8 Å². The Morgan fingerprint density at radius 3 is 1.71 bits per heavy atom. The molecular weight excluding hydrogens is 515 g/mol. The maximum atomic E-state index is 9.79. The molecule has 1 radical (unpaired) electrons. The van der Waals surface area contributed by atoms with Gasteiger partial charge in [0.15, 0.2) is 0 Å². The Hall–Kier alpha value is -3.93. The summed E-state index contributed by atoms with van der Waals surface area (Å²) in [7, 11) is 0. The van der Waals surface area contributed by atoms with Gasteiger partial charge in [-0.15, -0.1) is 12.5 Å². The Morgan fingerprint density at radius 1 is 0.737 bits per heavy atom. The van der Waals surface area contributed by atoms with Crippen molar-refractivity contribution in [1.29, 1.82) is 0 Å². The maximum Gasteiger partial charge on any atom is 0.124 e. The average molecular weight is 547 g/mol. The summed E-state index contributed by atoms with van der Waals surface area (Å²) in [6.45, 7) is 8.02. The second-order valence-electron chi connectivity index (χ2n) is 8.92. The van der Waals surface area contributed by atoms with Crippen molar-refractivity contribution in [2.45, 2.75) is 18.8 Å². The van der Waals surface area contributed by atoms with Gasteiger partial charge in [0.1, 0.15) is 11.5 Å². The van der Waals surface area contributed by atoms with Crippen molar-refractivity contribution in [3.05, 3.63) is 139 Å². The average Bonchev–Trinajstić information content (AvgIpc) is 3.24. The summed E-state index contributed by atoms with van der Waals surface area (Å²) < 4.78 is 0. The van der Waals surface area contributed by atoms with Gasteiger partial charge >= 0.3 is 0 Å². The van der Waals surface area contributed by atoms with E-state index in [-0.39, 0.29) is 28.3 Å². The first kappa shape index (κ1) is 28.6. The van der Waals surface area contributed by atoms with Gasteiger partial charge in [-0.05, 0) is 54.8 Å². The Kier molecular flexibility index (Phi) is 10.6. The van der Waals surface area contributed by atoms with Crippen molar-refractivity contribution in [3.63, 3.8) is 0 Å². The number of hydrogen-bond donors (Lipinski definition) is 2. The zero-order valence-corrected chi connectivity index (χ0v) is 22.1. The number of phenols is 2. The molecule has 2 atom stereocenters. The van der Waals surface area contributed by atoms with E-state index in [1.807, 2.05) is 42.5 Å². The first-order valence-electron chi connectivity index (χ1n) is 12.3. The van der Waals surface area contributed by atoms with E-state index in [0.717, 1.165) is 6.42 Å². The summed E-state index contributed by atoms with van der Waals surface area (Å²) >= 11 is 0. The van der Waals surface area contributed by atoms with E-state index in [1.165, 1.54) is 17.5 Å². The number of aliphatic imine (C=N–C) groups is 2. The fourth-order valence-corrected chi connectivity index (χ4v) is 4.38.